The van der Waals surface area contributed by atoms with Crippen LogP contribution in [-0.4, -0.2) is 19.0 Å². The van der Waals surface area contributed by atoms with Crippen LogP contribution in [0.2, 0.25) is 0 Å². The summed E-state index contributed by atoms with van der Waals surface area (Å²) in [5.41, 5.74) is 2.29. The summed E-state index contributed by atoms with van der Waals surface area (Å²) >= 11 is 0. The zero-order chi connectivity index (χ0) is 20.9. The maximum atomic E-state index is 12.2. The first-order chi connectivity index (χ1) is 14.1. The van der Waals surface area contributed by atoms with Crippen LogP contribution in [0.3, 0.4) is 0 Å². The van der Waals surface area contributed by atoms with Gasteiger partial charge in [0.25, 0.3) is 0 Å². The van der Waals surface area contributed by atoms with Gasteiger partial charge in [0.15, 0.2) is 0 Å². The second-order valence-corrected chi connectivity index (χ2v) is 7.78. The molecular weight excluding hydrogens is 360 g/mol. The topological polar surface area (TPSA) is 35.5 Å². The number of ketones is 1. The third kappa shape index (κ3) is 8.41. The molecule has 2 rings (SSSR count). The van der Waals surface area contributed by atoms with E-state index in [1.165, 1.54) is 24.8 Å². The van der Waals surface area contributed by atoms with Gasteiger partial charge in [-0.25, -0.2) is 0 Å². The zero-order valence-corrected chi connectivity index (χ0v) is 18.2. The number of unbranched alkanes of at least 4 members (excludes halogenated alkanes) is 2. The van der Waals surface area contributed by atoms with Gasteiger partial charge in [-0.05, 0) is 55.9 Å². The van der Waals surface area contributed by atoms with E-state index < -0.39 is 0 Å². The summed E-state index contributed by atoms with van der Waals surface area (Å²) < 4.78 is 11.5. The largest absolute Gasteiger partial charge is 0.497 e. The highest BCUT2D eigenvalue weighted by Crippen LogP contribution is 2.26. The number of benzene rings is 2. The van der Waals surface area contributed by atoms with Crippen LogP contribution in [0.25, 0.3) is 0 Å². The molecule has 0 N–H and O–H groups in total. The maximum Gasteiger partial charge on any atom is 0.137 e. The van der Waals surface area contributed by atoms with E-state index in [1.54, 1.807) is 14.0 Å². The second-order valence-electron chi connectivity index (χ2n) is 7.78. The summed E-state index contributed by atoms with van der Waals surface area (Å²) in [6, 6.07) is 18.2. The van der Waals surface area contributed by atoms with Gasteiger partial charge in [-0.3, -0.25) is 4.79 Å². The molecule has 0 amide bonds. The second kappa shape index (κ2) is 13.2. The van der Waals surface area contributed by atoms with Gasteiger partial charge in [0, 0.05) is 5.92 Å². The summed E-state index contributed by atoms with van der Waals surface area (Å²) in [5.74, 6) is 0.996. The third-order valence-electron chi connectivity index (χ3n) is 5.49. The minimum atomic E-state index is -0.0497. The molecule has 0 aliphatic rings. The van der Waals surface area contributed by atoms with E-state index >= 15 is 0 Å². The van der Waals surface area contributed by atoms with Crippen LogP contribution in [-0.2, 0) is 16.1 Å². The summed E-state index contributed by atoms with van der Waals surface area (Å²) in [4.78, 5) is 12.2. The fourth-order valence-corrected chi connectivity index (χ4v) is 3.71. The Hall–Kier alpha value is -2.13. The lowest BCUT2D eigenvalue weighted by Gasteiger charge is -2.20. The summed E-state index contributed by atoms with van der Waals surface area (Å²) in [6.45, 7) is 4.58. The highest BCUT2D eigenvalue weighted by Gasteiger charge is 2.18. The lowest BCUT2D eigenvalue weighted by molar-refractivity contribution is -0.118. The van der Waals surface area contributed by atoms with E-state index in [0.717, 1.165) is 37.0 Å². The Morgan fingerprint density at radius 3 is 2.21 bits per heavy atom. The number of Topliss-reactive ketones (excluding diaryl/α,β-unsaturated/α-hetero) is 1. The average molecular weight is 397 g/mol. The van der Waals surface area contributed by atoms with Gasteiger partial charge in [0.1, 0.15) is 11.5 Å². The Balaban J connectivity index is 1.89. The molecule has 0 radical (unpaired) electrons. The Morgan fingerprint density at radius 2 is 1.59 bits per heavy atom. The van der Waals surface area contributed by atoms with Crippen molar-refractivity contribution in [1.29, 1.82) is 0 Å². The van der Waals surface area contributed by atoms with Crippen LogP contribution in [0.5, 0.6) is 5.75 Å². The van der Waals surface area contributed by atoms with Gasteiger partial charge in [-0.2, -0.15) is 0 Å². The minimum absolute atomic E-state index is 0.0497. The van der Waals surface area contributed by atoms with E-state index in [0.29, 0.717) is 6.61 Å². The Morgan fingerprint density at radius 1 is 0.897 bits per heavy atom. The number of methoxy groups -OCH3 is 1. The minimum Gasteiger partial charge on any atom is -0.497 e. The number of hydrogen-bond acceptors (Lipinski definition) is 3. The molecule has 0 saturated carbocycles. The predicted octanol–water partition coefficient (Wildman–Crippen LogP) is 6.70. The fraction of sp³-hybridized carbons (Fsp3) is 0.500. The van der Waals surface area contributed by atoms with Crippen molar-refractivity contribution in [3.63, 3.8) is 0 Å². The van der Waals surface area contributed by atoms with Gasteiger partial charge in [-0.15, -0.1) is 0 Å². The first kappa shape index (κ1) is 23.2. The van der Waals surface area contributed by atoms with E-state index in [9.17, 15) is 4.79 Å². The third-order valence-corrected chi connectivity index (χ3v) is 5.49. The van der Waals surface area contributed by atoms with E-state index in [4.69, 9.17) is 9.47 Å². The van der Waals surface area contributed by atoms with Crippen molar-refractivity contribution in [2.75, 3.05) is 7.11 Å². The van der Waals surface area contributed by atoms with E-state index in [1.807, 2.05) is 30.3 Å². The van der Waals surface area contributed by atoms with Crippen molar-refractivity contribution in [3.8, 4) is 5.75 Å². The normalized spacial score (nSPS) is 13.1. The van der Waals surface area contributed by atoms with E-state index in [-0.39, 0.29) is 17.8 Å². The molecule has 3 heteroatoms. The predicted molar refractivity (Wildman–Crippen MR) is 119 cm³/mol. The van der Waals surface area contributed by atoms with Crippen molar-refractivity contribution in [2.45, 2.75) is 77.4 Å². The molecule has 0 bridgehead atoms. The van der Waals surface area contributed by atoms with Gasteiger partial charge in [0.05, 0.1) is 19.8 Å². The smallest absolute Gasteiger partial charge is 0.137 e. The maximum absolute atomic E-state index is 12.2. The van der Waals surface area contributed by atoms with E-state index in [2.05, 4.69) is 31.2 Å². The van der Waals surface area contributed by atoms with Gasteiger partial charge < -0.3 is 9.47 Å². The molecule has 3 nitrogen and oxygen atoms in total. The van der Waals surface area contributed by atoms with Crippen LogP contribution < -0.4 is 4.74 Å². The molecule has 0 fully saturated rings. The highest BCUT2D eigenvalue weighted by atomic mass is 16.5. The molecule has 29 heavy (non-hydrogen) atoms. The van der Waals surface area contributed by atoms with Gasteiger partial charge in [0.2, 0.25) is 0 Å². The zero-order valence-electron chi connectivity index (χ0n) is 18.2. The van der Waals surface area contributed by atoms with Crippen LogP contribution in [0, 0.1) is 0 Å². The van der Waals surface area contributed by atoms with Crippen molar-refractivity contribution in [1.82, 2.24) is 0 Å². The number of rotatable bonds is 14. The van der Waals surface area contributed by atoms with Gasteiger partial charge >= 0.3 is 0 Å². The molecule has 2 aromatic carbocycles. The van der Waals surface area contributed by atoms with Crippen LogP contribution >= 0.6 is 0 Å². The van der Waals surface area contributed by atoms with Crippen LogP contribution in [0.1, 0.15) is 75.8 Å². The summed E-state index contributed by atoms with van der Waals surface area (Å²) in [6.07, 6.45) is 7.85. The molecular formula is C26H36O3. The quantitative estimate of drug-likeness (QED) is 0.333. The van der Waals surface area contributed by atoms with Crippen molar-refractivity contribution < 1.29 is 14.3 Å². The number of carbonyl (C=O) groups excluding carboxylic acids is 1. The monoisotopic (exact) mass is 396 g/mol. The first-order valence-corrected chi connectivity index (χ1v) is 10.9. The molecule has 0 saturated heterocycles. The van der Waals surface area contributed by atoms with Crippen molar-refractivity contribution in [2.24, 2.45) is 0 Å². The number of hydrogen-bond donors (Lipinski definition) is 0. The van der Waals surface area contributed by atoms with Crippen LogP contribution in [0.15, 0.2) is 54.6 Å². The van der Waals surface area contributed by atoms with Gasteiger partial charge in [-0.1, -0.05) is 68.7 Å². The molecule has 0 aromatic heterocycles. The summed E-state index contributed by atoms with van der Waals surface area (Å²) in [5, 5.41) is 0. The Labute approximate surface area is 176 Å². The van der Waals surface area contributed by atoms with Crippen molar-refractivity contribution in [3.05, 3.63) is 65.7 Å². The fourth-order valence-electron chi connectivity index (χ4n) is 3.71. The Bertz CT molecular complexity index is 694. The standard InChI is InChI=1S/C26H36O3/c1-4-5-7-13-25(29-20-22-11-8-6-9-12-22)14-10-15-26(21(2)27)23-16-18-24(28-3)19-17-23/h6,8-9,11-12,16-19,25-26H,4-5,7,10,13-15,20H2,1-3H3. The molecule has 0 aliphatic carbocycles. The highest BCUT2D eigenvalue weighted by molar-refractivity contribution is 5.83. The molecule has 2 aromatic rings. The molecule has 0 heterocycles. The molecule has 0 spiro atoms. The molecule has 2 atom stereocenters. The van der Waals surface area contributed by atoms with Crippen molar-refractivity contribution >= 4 is 5.78 Å². The SMILES string of the molecule is CCCCCC(CCCC(C(C)=O)c1ccc(OC)cc1)OCc1ccccc1. The van der Waals surface area contributed by atoms with Crippen LogP contribution in [0.4, 0.5) is 0 Å². The molecule has 158 valence electrons. The first-order valence-electron chi connectivity index (χ1n) is 10.9. The number of ether oxygens (including phenoxy) is 2. The lowest BCUT2D eigenvalue weighted by atomic mass is 9.89. The Kier molecular flexibility index (Phi) is 10.5. The summed E-state index contributed by atoms with van der Waals surface area (Å²) in [7, 11) is 1.66. The molecule has 2 unspecified atom stereocenters. The average Bonchev–Trinajstić information content (AvgIpc) is 2.75. The lowest BCUT2D eigenvalue weighted by Crippen LogP contribution is -2.15. The molecule has 0 aliphatic heterocycles. The number of carbonyl (C=O) groups is 1.